The first-order chi connectivity index (χ1) is 8.08. The standard InChI is InChI=1S/C12H11BrN2O2/c1-15(9-4-2-8(14)3-5-9)12(16)10-6-7-11(13)17-10/h2-7H,14H2,1H3. The Labute approximate surface area is 107 Å². The highest BCUT2D eigenvalue weighted by molar-refractivity contribution is 9.10. The summed E-state index contributed by atoms with van der Waals surface area (Å²) in [5.74, 6) is 0.0803. The second kappa shape index (κ2) is 4.63. The molecule has 0 bridgehead atoms. The number of hydrogen-bond acceptors (Lipinski definition) is 3. The zero-order chi connectivity index (χ0) is 12.4. The Morgan fingerprint density at radius 3 is 2.41 bits per heavy atom. The summed E-state index contributed by atoms with van der Waals surface area (Å²) in [6.07, 6.45) is 0. The van der Waals surface area contributed by atoms with Gasteiger partial charge < -0.3 is 15.1 Å². The number of hydrogen-bond donors (Lipinski definition) is 1. The number of nitrogen functional groups attached to an aromatic ring is 1. The molecular weight excluding hydrogens is 284 g/mol. The lowest BCUT2D eigenvalue weighted by Gasteiger charge is -2.15. The first kappa shape index (κ1) is 11.7. The third-order valence-corrected chi connectivity index (χ3v) is 2.80. The highest BCUT2D eigenvalue weighted by Gasteiger charge is 2.16. The van der Waals surface area contributed by atoms with Crippen LogP contribution in [0.1, 0.15) is 10.6 Å². The minimum Gasteiger partial charge on any atom is -0.444 e. The van der Waals surface area contributed by atoms with Crippen LogP contribution in [-0.4, -0.2) is 13.0 Å². The van der Waals surface area contributed by atoms with Gasteiger partial charge in [0.2, 0.25) is 0 Å². The SMILES string of the molecule is CN(C(=O)c1ccc(Br)o1)c1ccc(N)cc1. The maximum atomic E-state index is 12.0. The van der Waals surface area contributed by atoms with Gasteiger partial charge in [-0.05, 0) is 52.3 Å². The van der Waals surface area contributed by atoms with E-state index in [1.54, 1.807) is 43.4 Å². The van der Waals surface area contributed by atoms with Crippen molar-refractivity contribution in [3.63, 3.8) is 0 Å². The Morgan fingerprint density at radius 1 is 1.24 bits per heavy atom. The van der Waals surface area contributed by atoms with E-state index in [-0.39, 0.29) is 11.7 Å². The molecule has 5 heteroatoms. The maximum Gasteiger partial charge on any atom is 0.293 e. The fourth-order valence-corrected chi connectivity index (χ4v) is 1.72. The summed E-state index contributed by atoms with van der Waals surface area (Å²) >= 11 is 3.16. The molecule has 0 saturated carbocycles. The summed E-state index contributed by atoms with van der Waals surface area (Å²) in [6, 6.07) is 10.4. The highest BCUT2D eigenvalue weighted by atomic mass is 79.9. The molecular formula is C12H11BrN2O2. The van der Waals surface area contributed by atoms with E-state index in [1.807, 2.05) is 0 Å². The van der Waals surface area contributed by atoms with Crippen molar-refractivity contribution in [1.29, 1.82) is 0 Å². The normalized spacial score (nSPS) is 10.2. The predicted octanol–water partition coefficient (Wildman–Crippen LogP) is 2.90. The Hall–Kier alpha value is -1.75. The van der Waals surface area contributed by atoms with E-state index < -0.39 is 0 Å². The molecule has 88 valence electrons. The van der Waals surface area contributed by atoms with Crippen LogP contribution in [0.5, 0.6) is 0 Å². The lowest BCUT2D eigenvalue weighted by molar-refractivity contribution is 0.0965. The molecule has 0 unspecified atom stereocenters. The number of amides is 1. The van der Waals surface area contributed by atoms with Gasteiger partial charge in [-0.3, -0.25) is 4.79 Å². The Bertz CT molecular complexity index is 534. The lowest BCUT2D eigenvalue weighted by Crippen LogP contribution is -2.25. The predicted molar refractivity (Wildman–Crippen MR) is 70.0 cm³/mol. The second-order valence-corrected chi connectivity index (χ2v) is 4.34. The van der Waals surface area contributed by atoms with E-state index in [4.69, 9.17) is 10.2 Å². The van der Waals surface area contributed by atoms with Crippen LogP contribution in [0.3, 0.4) is 0 Å². The van der Waals surface area contributed by atoms with Gasteiger partial charge in [-0.15, -0.1) is 0 Å². The number of furan rings is 1. The topological polar surface area (TPSA) is 59.5 Å². The van der Waals surface area contributed by atoms with E-state index >= 15 is 0 Å². The number of carbonyl (C=O) groups is 1. The fraction of sp³-hybridized carbons (Fsp3) is 0.0833. The van der Waals surface area contributed by atoms with Gasteiger partial charge in [-0.25, -0.2) is 0 Å². The van der Waals surface area contributed by atoms with E-state index in [9.17, 15) is 4.79 Å². The van der Waals surface area contributed by atoms with Gasteiger partial charge in [0.15, 0.2) is 10.4 Å². The van der Waals surface area contributed by atoms with Crippen molar-refractivity contribution in [2.24, 2.45) is 0 Å². The molecule has 1 heterocycles. The molecule has 0 fully saturated rings. The molecule has 2 N–H and O–H groups in total. The van der Waals surface area contributed by atoms with E-state index in [0.29, 0.717) is 10.4 Å². The molecule has 2 rings (SSSR count). The minimum absolute atomic E-state index is 0.208. The summed E-state index contributed by atoms with van der Waals surface area (Å²) in [4.78, 5) is 13.5. The molecule has 0 spiro atoms. The number of halogens is 1. The monoisotopic (exact) mass is 294 g/mol. The van der Waals surface area contributed by atoms with Gasteiger partial charge in [0, 0.05) is 18.4 Å². The molecule has 17 heavy (non-hydrogen) atoms. The Kier molecular flexibility index (Phi) is 3.19. The number of nitrogens with two attached hydrogens (primary N) is 1. The van der Waals surface area contributed by atoms with Gasteiger partial charge in [-0.1, -0.05) is 0 Å². The van der Waals surface area contributed by atoms with Gasteiger partial charge in [0.05, 0.1) is 0 Å². The van der Waals surface area contributed by atoms with E-state index in [0.717, 1.165) is 5.69 Å². The molecule has 1 aromatic heterocycles. The third-order valence-electron chi connectivity index (χ3n) is 2.37. The largest absolute Gasteiger partial charge is 0.444 e. The molecule has 0 aliphatic carbocycles. The average Bonchev–Trinajstić information content (AvgIpc) is 2.75. The maximum absolute atomic E-state index is 12.0. The van der Waals surface area contributed by atoms with Crippen molar-refractivity contribution in [3.8, 4) is 0 Å². The van der Waals surface area contributed by atoms with Crippen LogP contribution < -0.4 is 10.6 Å². The van der Waals surface area contributed by atoms with Crippen LogP contribution >= 0.6 is 15.9 Å². The van der Waals surface area contributed by atoms with Crippen molar-refractivity contribution in [1.82, 2.24) is 0 Å². The molecule has 1 amide bonds. The number of benzene rings is 1. The first-order valence-corrected chi connectivity index (χ1v) is 5.76. The van der Waals surface area contributed by atoms with E-state index in [1.165, 1.54) is 4.90 Å². The molecule has 0 aliphatic heterocycles. The van der Waals surface area contributed by atoms with Crippen molar-refractivity contribution in [2.75, 3.05) is 17.7 Å². The highest BCUT2D eigenvalue weighted by Crippen LogP contribution is 2.20. The fourth-order valence-electron chi connectivity index (χ4n) is 1.41. The third kappa shape index (κ3) is 2.50. The van der Waals surface area contributed by atoms with Gasteiger partial charge in [0.25, 0.3) is 5.91 Å². The summed E-state index contributed by atoms with van der Waals surface area (Å²) in [7, 11) is 1.68. The van der Waals surface area contributed by atoms with Gasteiger partial charge in [-0.2, -0.15) is 0 Å². The summed E-state index contributed by atoms with van der Waals surface area (Å²) in [5.41, 5.74) is 7.01. The number of anilines is 2. The molecule has 1 aromatic carbocycles. The van der Waals surface area contributed by atoms with Crippen LogP contribution in [0.4, 0.5) is 11.4 Å². The minimum atomic E-state index is -0.208. The Balaban J connectivity index is 2.23. The Morgan fingerprint density at radius 2 is 1.88 bits per heavy atom. The quantitative estimate of drug-likeness (QED) is 0.867. The van der Waals surface area contributed by atoms with Crippen LogP contribution in [0.2, 0.25) is 0 Å². The summed E-state index contributed by atoms with van der Waals surface area (Å²) in [6.45, 7) is 0. The summed E-state index contributed by atoms with van der Waals surface area (Å²) < 4.78 is 5.75. The smallest absolute Gasteiger partial charge is 0.293 e. The van der Waals surface area contributed by atoms with Crippen molar-refractivity contribution in [3.05, 3.63) is 46.8 Å². The number of carbonyl (C=O) groups excluding carboxylic acids is 1. The molecule has 0 atom stereocenters. The molecule has 4 nitrogen and oxygen atoms in total. The second-order valence-electron chi connectivity index (χ2n) is 3.56. The van der Waals surface area contributed by atoms with Crippen molar-refractivity contribution >= 4 is 33.2 Å². The zero-order valence-electron chi connectivity index (χ0n) is 9.18. The number of rotatable bonds is 2. The summed E-state index contributed by atoms with van der Waals surface area (Å²) in [5, 5.41) is 0. The van der Waals surface area contributed by atoms with Gasteiger partial charge in [0.1, 0.15) is 0 Å². The number of nitrogens with zero attached hydrogens (tertiary/aromatic N) is 1. The van der Waals surface area contributed by atoms with Crippen molar-refractivity contribution in [2.45, 2.75) is 0 Å². The van der Waals surface area contributed by atoms with E-state index in [2.05, 4.69) is 15.9 Å². The van der Waals surface area contributed by atoms with Crippen LogP contribution in [-0.2, 0) is 0 Å². The van der Waals surface area contributed by atoms with Crippen LogP contribution in [0.25, 0.3) is 0 Å². The first-order valence-electron chi connectivity index (χ1n) is 4.97. The molecule has 0 saturated heterocycles. The zero-order valence-corrected chi connectivity index (χ0v) is 10.8. The van der Waals surface area contributed by atoms with Crippen LogP contribution in [0.15, 0.2) is 45.5 Å². The molecule has 0 radical (unpaired) electrons. The van der Waals surface area contributed by atoms with Crippen LogP contribution in [0, 0.1) is 0 Å². The van der Waals surface area contributed by atoms with Gasteiger partial charge >= 0.3 is 0 Å². The average molecular weight is 295 g/mol. The van der Waals surface area contributed by atoms with Crippen molar-refractivity contribution < 1.29 is 9.21 Å². The lowest BCUT2D eigenvalue weighted by atomic mass is 10.2. The molecule has 2 aromatic rings. The molecule has 0 aliphatic rings.